The molecular weight excluding hydrogens is 411 g/mol. The number of carbonyl (C=O) groups is 2. The van der Waals surface area contributed by atoms with Crippen molar-refractivity contribution in [2.75, 3.05) is 33.3 Å². The number of amides is 2. The molecule has 0 saturated carbocycles. The van der Waals surface area contributed by atoms with Gasteiger partial charge in [0.05, 0.1) is 23.3 Å². The van der Waals surface area contributed by atoms with Gasteiger partial charge in [-0.2, -0.15) is 0 Å². The van der Waals surface area contributed by atoms with Crippen molar-refractivity contribution in [3.8, 4) is 5.75 Å². The van der Waals surface area contributed by atoms with Gasteiger partial charge < -0.3 is 19.0 Å². The van der Waals surface area contributed by atoms with E-state index in [-0.39, 0.29) is 22.4 Å². The molecule has 4 rings (SSSR count). The molecule has 1 aromatic heterocycles. The van der Waals surface area contributed by atoms with Gasteiger partial charge in [0.2, 0.25) is 0 Å². The highest BCUT2D eigenvalue weighted by molar-refractivity contribution is 6.33. The lowest BCUT2D eigenvalue weighted by Crippen LogP contribution is -2.50. The summed E-state index contributed by atoms with van der Waals surface area (Å²) < 4.78 is 24.3. The molecular formula is C22H20ClFN2O4. The number of rotatable bonds is 3. The third kappa shape index (κ3) is 3.61. The highest BCUT2D eigenvalue weighted by atomic mass is 35.5. The maximum Gasteiger partial charge on any atom is 0.258 e. The molecule has 2 aromatic carbocycles. The molecule has 3 aromatic rings. The number of hydrogen-bond acceptors (Lipinski definition) is 4. The van der Waals surface area contributed by atoms with Gasteiger partial charge in [0, 0.05) is 31.6 Å². The summed E-state index contributed by atoms with van der Waals surface area (Å²) in [5.74, 6) is 0.267. The number of piperazine rings is 1. The molecule has 0 unspecified atom stereocenters. The van der Waals surface area contributed by atoms with E-state index in [0.29, 0.717) is 54.2 Å². The average molecular weight is 431 g/mol. The van der Waals surface area contributed by atoms with Gasteiger partial charge in [-0.3, -0.25) is 9.59 Å². The largest absolute Gasteiger partial charge is 0.497 e. The summed E-state index contributed by atoms with van der Waals surface area (Å²) in [6, 6.07) is 9.06. The number of furan rings is 1. The summed E-state index contributed by atoms with van der Waals surface area (Å²) in [4.78, 5) is 29.2. The quantitative estimate of drug-likeness (QED) is 0.626. The molecule has 0 bridgehead atoms. The number of benzene rings is 2. The van der Waals surface area contributed by atoms with E-state index < -0.39 is 5.82 Å². The summed E-state index contributed by atoms with van der Waals surface area (Å²) in [6.07, 6.45) is 0. The average Bonchev–Trinajstić information content (AvgIpc) is 3.07. The first-order valence-electron chi connectivity index (χ1n) is 9.50. The third-order valence-electron chi connectivity index (χ3n) is 5.30. The van der Waals surface area contributed by atoms with Gasteiger partial charge in [0.15, 0.2) is 0 Å². The Morgan fingerprint density at radius 1 is 1.03 bits per heavy atom. The first kappa shape index (κ1) is 20.2. The second-order valence-electron chi connectivity index (χ2n) is 7.10. The minimum absolute atomic E-state index is 0.0768. The van der Waals surface area contributed by atoms with Crippen molar-refractivity contribution in [2.24, 2.45) is 0 Å². The molecule has 8 heteroatoms. The minimum Gasteiger partial charge on any atom is -0.497 e. The zero-order valence-electron chi connectivity index (χ0n) is 16.6. The van der Waals surface area contributed by atoms with Crippen molar-refractivity contribution in [1.29, 1.82) is 0 Å². The van der Waals surface area contributed by atoms with Gasteiger partial charge in [-0.05, 0) is 43.3 Å². The molecule has 1 fully saturated rings. The highest BCUT2D eigenvalue weighted by Gasteiger charge is 2.29. The van der Waals surface area contributed by atoms with Crippen LogP contribution in [0, 0.1) is 12.7 Å². The Hall–Kier alpha value is -3.06. The van der Waals surface area contributed by atoms with Crippen LogP contribution < -0.4 is 4.74 Å². The second kappa shape index (κ2) is 7.99. The molecule has 2 amide bonds. The van der Waals surface area contributed by atoms with Crippen molar-refractivity contribution in [3.63, 3.8) is 0 Å². The smallest absolute Gasteiger partial charge is 0.258 e. The van der Waals surface area contributed by atoms with E-state index in [1.54, 1.807) is 42.0 Å². The standard InChI is InChI=1S/C22H20ClFN2O4/c1-13-20(17-12-15(29-2)4-6-19(17)30-13)22(28)26-9-7-25(8-10-26)21(27)16-5-3-14(24)11-18(16)23/h3-6,11-12H,7-10H2,1-2H3. The summed E-state index contributed by atoms with van der Waals surface area (Å²) in [7, 11) is 1.57. The van der Waals surface area contributed by atoms with Crippen molar-refractivity contribution in [1.82, 2.24) is 9.80 Å². The fourth-order valence-electron chi connectivity index (χ4n) is 3.70. The van der Waals surface area contributed by atoms with Crippen LogP contribution in [-0.2, 0) is 0 Å². The number of ether oxygens (including phenoxy) is 1. The highest BCUT2D eigenvalue weighted by Crippen LogP contribution is 2.30. The van der Waals surface area contributed by atoms with Crippen LogP contribution in [0.2, 0.25) is 5.02 Å². The molecule has 0 spiro atoms. The molecule has 1 aliphatic heterocycles. The molecule has 0 radical (unpaired) electrons. The number of nitrogens with zero attached hydrogens (tertiary/aromatic N) is 2. The van der Waals surface area contributed by atoms with Crippen LogP contribution in [-0.4, -0.2) is 54.9 Å². The molecule has 2 heterocycles. The van der Waals surface area contributed by atoms with Crippen LogP contribution in [0.25, 0.3) is 11.0 Å². The molecule has 0 N–H and O–H groups in total. The predicted molar refractivity (Wildman–Crippen MR) is 111 cm³/mol. The van der Waals surface area contributed by atoms with Gasteiger partial charge in [-0.25, -0.2) is 4.39 Å². The van der Waals surface area contributed by atoms with Gasteiger partial charge in [-0.1, -0.05) is 11.6 Å². The Morgan fingerprint density at radius 2 is 1.70 bits per heavy atom. The summed E-state index contributed by atoms with van der Waals surface area (Å²) >= 11 is 6.02. The molecule has 0 atom stereocenters. The zero-order chi connectivity index (χ0) is 21.4. The lowest BCUT2D eigenvalue weighted by atomic mass is 10.1. The summed E-state index contributed by atoms with van der Waals surface area (Å²) in [6.45, 7) is 3.22. The summed E-state index contributed by atoms with van der Waals surface area (Å²) in [5.41, 5.74) is 1.38. The number of aryl methyl sites for hydroxylation is 1. The molecule has 30 heavy (non-hydrogen) atoms. The fraction of sp³-hybridized carbons (Fsp3) is 0.273. The second-order valence-corrected chi connectivity index (χ2v) is 7.51. The number of carbonyl (C=O) groups excluding carboxylic acids is 2. The van der Waals surface area contributed by atoms with E-state index in [9.17, 15) is 14.0 Å². The van der Waals surface area contributed by atoms with Crippen LogP contribution in [0.1, 0.15) is 26.5 Å². The minimum atomic E-state index is -0.494. The van der Waals surface area contributed by atoms with E-state index >= 15 is 0 Å². The number of hydrogen-bond donors (Lipinski definition) is 0. The van der Waals surface area contributed by atoms with Crippen molar-refractivity contribution in [3.05, 3.63) is 64.1 Å². The van der Waals surface area contributed by atoms with Crippen molar-refractivity contribution < 1.29 is 23.1 Å². The van der Waals surface area contributed by atoms with Crippen molar-refractivity contribution >= 4 is 34.4 Å². The normalized spacial score (nSPS) is 14.3. The SMILES string of the molecule is COc1ccc2oc(C)c(C(=O)N3CCN(C(=O)c4ccc(F)cc4Cl)CC3)c2c1. The molecule has 0 aliphatic carbocycles. The van der Waals surface area contributed by atoms with Crippen LogP contribution in [0.15, 0.2) is 40.8 Å². The van der Waals surface area contributed by atoms with Crippen LogP contribution in [0.4, 0.5) is 4.39 Å². The van der Waals surface area contributed by atoms with E-state index in [1.165, 1.54) is 12.1 Å². The topological polar surface area (TPSA) is 63.0 Å². The van der Waals surface area contributed by atoms with E-state index in [4.69, 9.17) is 20.8 Å². The Bertz CT molecular complexity index is 1140. The predicted octanol–water partition coefficient (Wildman–Crippen LogP) is 4.14. The first-order chi connectivity index (χ1) is 14.4. The summed E-state index contributed by atoms with van der Waals surface area (Å²) in [5, 5.41) is 0.779. The lowest BCUT2D eigenvalue weighted by Gasteiger charge is -2.35. The number of methoxy groups -OCH3 is 1. The molecule has 1 saturated heterocycles. The Morgan fingerprint density at radius 3 is 2.33 bits per heavy atom. The van der Waals surface area contributed by atoms with Crippen LogP contribution in [0.3, 0.4) is 0 Å². The van der Waals surface area contributed by atoms with Gasteiger partial charge >= 0.3 is 0 Å². The molecule has 1 aliphatic rings. The van der Waals surface area contributed by atoms with E-state index in [0.717, 1.165) is 6.07 Å². The zero-order valence-corrected chi connectivity index (χ0v) is 17.3. The monoisotopic (exact) mass is 430 g/mol. The maximum atomic E-state index is 13.3. The van der Waals surface area contributed by atoms with Gasteiger partial charge in [0.25, 0.3) is 11.8 Å². The lowest BCUT2D eigenvalue weighted by molar-refractivity contribution is 0.0535. The van der Waals surface area contributed by atoms with Gasteiger partial charge in [-0.15, -0.1) is 0 Å². The Balaban J connectivity index is 1.50. The first-order valence-corrected chi connectivity index (χ1v) is 9.87. The van der Waals surface area contributed by atoms with E-state index in [1.807, 2.05) is 0 Å². The Kier molecular flexibility index (Phi) is 5.39. The molecule has 156 valence electrons. The number of halogens is 2. The number of fused-ring (bicyclic) bond motifs is 1. The fourth-order valence-corrected chi connectivity index (χ4v) is 3.94. The third-order valence-corrected chi connectivity index (χ3v) is 5.61. The van der Waals surface area contributed by atoms with Crippen LogP contribution in [0.5, 0.6) is 5.75 Å². The Labute approximate surface area is 177 Å². The van der Waals surface area contributed by atoms with Crippen LogP contribution >= 0.6 is 11.6 Å². The molecule has 6 nitrogen and oxygen atoms in total. The van der Waals surface area contributed by atoms with Crippen molar-refractivity contribution in [2.45, 2.75) is 6.92 Å². The van der Waals surface area contributed by atoms with Gasteiger partial charge in [0.1, 0.15) is 22.9 Å². The van der Waals surface area contributed by atoms with E-state index in [2.05, 4.69) is 0 Å². The maximum absolute atomic E-state index is 13.3.